The summed E-state index contributed by atoms with van der Waals surface area (Å²) in [5.74, 6) is -0.840. The Labute approximate surface area is 350 Å². The molecule has 0 fully saturated rings. The van der Waals surface area contributed by atoms with E-state index in [-0.39, 0.29) is 32.6 Å². The highest BCUT2D eigenvalue weighted by Gasteiger charge is 2.26. The molecule has 10 heteroatoms. The Kier molecular flexibility index (Phi) is 42.4. The first-order valence-corrected chi connectivity index (χ1v) is 25.0. The van der Waals surface area contributed by atoms with Crippen LogP contribution in [0.15, 0.2) is 36.5 Å². The molecule has 0 saturated carbocycles. The number of ether oxygens (including phenoxy) is 2. The van der Waals surface area contributed by atoms with Crippen LogP contribution < -0.4 is 5.73 Å². The Morgan fingerprint density at radius 1 is 0.526 bits per heavy atom. The Morgan fingerprint density at radius 3 is 1.39 bits per heavy atom. The van der Waals surface area contributed by atoms with Crippen molar-refractivity contribution in [1.29, 1.82) is 0 Å². The molecule has 334 valence electrons. The molecule has 0 aliphatic carbocycles. The van der Waals surface area contributed by atoms with Gasteiger partial charge in [0.15, 0.2) is 6.10 Å². The number of unbranched alkanes of at least 4 members (excludes halogenated alkanes) is 25. The minimum atomic E-state index is -4.38. The second kappa shape index (κ2) is 43.8. The van der Waals surface area contributed by atoms with E-state index in [1.807, 2.05) is 0 Å². The zero-order chi connectivity index (χ0) is 41.8. The van der Waals surface area contributed by atoms with Gasteiger partial charge in [-0.15, -0.1) is 0 Å². The summed E-state index contributed by atoms with van der Waals surface area (Å²) in [7, 11) is -4.38. The highest BCUT2D eigenvalue weighted by Crippen LogP contribution is 2.43. The van der Waals surface area contributed by atoms with Crippen molar-refractivity contribution in [3.05, 3.63) is 36.5 Å². The van der Waals surface area contributed by atoms with E-state index in [2.05, 4.69) is 50.3 Å². The van der Waals surface area contributed by atoms with Gasteiger partial charge in [-0.1, -0.05) is 172 Å². The number of rotatable bonds is 44. The van der Waals surface area contributed by atoms with Crippen LogP contribution in [0.4, 0.5) is 0 Å². The van der Waals surface area contributed by atoms with Crippen LogP contribution in [0.25, 0.3) is 0 Å². The molecular formula is C47H88NO8P. The Bertz CT molecular complexity index is 1030. The van der Waals surface area contributed by atoms with Crippen LogP contribution in [-0.2, 0) is 32.7 Å². The third-order valence-electron chi connectivity index (χ3n) is 10.00. The Balaban J connectivity index is 4.09. The summed E-state index contributed by atoms with van der Waals surface area (Å²) in [6, 6.07) is 0. The van der Waals surface area contributed by atoms with Crippen LogP contribution in [0.5, 0.6) is 0 Å². The number of esters is 2. The zero-order valence-electron chi connectivity index (χ0n) is 36.8. The van der Waals surface area contributed by atoms with Gasteiger partial charge in [0.2, 0.25) is 0 Å². The number of hydrogen-bond acceptors (Lipinski definition) is 8. The van der Waals surface area contributed by atoms with Crippen LogP contribution in [0, 0.1) is 0 Å². The fraction of sp³-hybridized carbons (Fsp3) is 0.830. The van der Waals surface area contributed by atoms with Gasteiger partial charge in [-0.05, 0) is 70.6 Å². The molecule has 0 spiro atoms. The monoisotopic (exact) mass is 826 g/mol. The number of carbonyl (C=O) groups excluding carboxylic acids is 2. The summed E-state index contributed by atoms with van der Waals surface area (Å²) in [4.78, 5) is 34.9. The number of hydrogen-bond donors (Lipinski definition) is 2. The molecular weight excluding hydrogens is 737 g/mol. The van der Waals surface area contributed by atoms with Crippen LogP contribution in [0.1, 0.15) is 219 Å². The zero-order valence-corrected chi connectivity index (χ0v) is 37.7. The summed E-state index contributed by atoms with van der Waals surface area (Å²) in [6.45, 7) is 3.70. The standard InChI is InChI=1S/C47H88NO8P/c1-3-5-7-9-11-13-15-17-19-20-21-22-23-24-26-28-30-32-34-36-38-40-47(50)56-45(44-55-57(51,52)54-42-41-48)43-53-46(49)39-37-35-33-31-29-27-25-18-16-14-12-10-8-6-4-2/h12,14,17-19,25,45H,3-11,13,15-16,20-24,26-44,48H2,1-2H3,(H,51,52). The molecule has 0 bridgehead atoms. The van der Waals surface area contributed by atoms with Crippen molar-refractivity contribution < 1.29 is 37.6 Å². The molecule has 2 atom stereocenters. The minimum absolute atomic E-state index is 0.0514. The average Bonchev–Trinajstić information content (AvgIpc) is 3.20. The maximum atomic E-state index is 12.6. The molecule has 0 rings (SSSR count). The van der Waals surface area contributed by atoms with Crippen molar-refractivity contribution in [1.82, 2.24) is 0 Å². The second-order valence-electron chi connectivity index (χ2n) is 15.6. The van der Waals surface area contributed by atoms with E-state index < -0.39 is 32.5 Å². The van der Waals surface area contributed by atoms with Crippen molar-refractivity contribution >= 4 is 19.8 Å². The van der Waals surface area contributed by atoms with Crippen LogP contribution in [-0.4, -0.2) is 49.3 Å². The lowest BCUT2D eigenvalue weighted by Gasteiger charge is -2.19. The lowest BCUT2D eigenvalue weighted by Crippen LogP contribution is -2.29. The van der Waals surface area contributed by atoms with Gasteiger partial charge in [0.25, 0.3) is 0 Å². The summed E-state index contributed by atoms with van der Waals surface area (Å²) in [6.07, 6.45) is 48.9. The molecule has 0 aromatic heterocycles. The number of carbonyl (C=O) groups is 2. The van der Waals surface area contributed by atoms with Crippen molar-refractivity contribution in [2.45, 2.75) is 225 Å². The highest BCUT2D eigenvalue weighted by atomic mass is 31.2. The van der Waals surface area contributed by atoms with E-state index in [1.54, 1.807) is 0 Å². The largest absolute Gasteiger partial charge is 0.472 e. The van der Waals surface area contributed by atoms with Crippen molar-refractivity contribution in [3.8, 4) is 0 Å². The maximum absolute atomic E-state index is 12.6. The molecule has 0 aromatic carbocycles. The lowest BCUT2D eigenvalue weighted by molar-refractivity contribution is -0.161. The van der Waals surface area contributed by atoms with E-state index >= 15 is 0 Å². The van der Waals surface area contributed by atoms with E-state index in [4.69, 9.17) is 24.3 Å². The molecule has 2 unspecified atom stereocenters. The minimum Gasteiger partial charge on any atom is -0.462 e. The van der Waals surface area contributed by atoms with Crippen molar-refractivity contribution in [2.75, 3.05) is 26.4 Å². The molecule has 9 nitrogen and oxygen atoms in total. The van der Waals surface area contributed by atoms with Crippen LogP contribution in [0.2, 0.25) is 0 Å². The molecule has 0 saturated heterocycles. The third-order valence-corrected chi connectivity index (χ3v) is 11.0. The van der Waals surface area contributed by atoms with Crippen LogP contribution >= 0.6 is 7.82 Å². The molecule has 57 heavy (non-hydrogen) atoms. The number of allylic oxidation sites excluding steroid dienone is 6. The number of phosphoric ester groups is 1. The quantitative estimate of drug-likeness (QED) is 0.0266. The molecule has 0 radical (unpaired) electrons. The van der Waals surface area contributed by atoms with Gasteiger partial charge in [-0.2, -0.15) is 0 Å². The summed E-state index contributed by atoms with van der Waals surface area (Å²) in [5.41, 5.74) is 5.35. The van der Waals surface area contributed by atoms with Gasteiger partial charge in [-0.25, -0.2) is 4.57 Å². The van der Waals surface area contributed by atoms with Gasteiger partial charge in [0, 0.05) is 19.4 Å². The van der Waals surface area contributed by atoms with Gasteiger partial charge >= 0.3 is 19.8 Å². The van der Waals surface area contributed by atoms with Gasteiger partial charge < -0.3 is 20.1 Å². The lowest BCUT2D eigenvalue weighted by atomic mass is 10.0. The first-order chi connectivity index (χ1) is 27.8. The molecule has 0 aliphatic rings. The predicted molar refractivity (Wildman–Crippen MR) is 238 cm³/mol. The van der Waals surface area contributed by atoms with Gasteiger partial charge in [-0.3, -0.25) is 18.6 Å². The van der Waals surface area contributed by atoms with Crippen molar-refractivity contribution in [3.63, 3.8) is 0 Å². The first-order valence-electron chi connectivity index (χ1n) is 23.5. The Hall–Kier alpha value is -1.77. The average molecular weight is 826 g/mol. The normalized spacial score (nSPS) is 13.5. The Morgan fingerprint density at radius 2 is 0.912 bits per heavy atom. The fourth-order valence-electron chi connectivity index (χ4n) is 6.48. The maximum Gasteiger partial charge on any atom is 0.472 e. The third kappa shape index (κ3) is 43.6. The predicted octanol–water partition coefficient (Wildman–Crippen LogP) is 13.7. The van der Waals surface area contributed by atoms with Crippen LogP contribution in [0.3, 0.4) is 0 Å². The fourth-order valence-corrected chi connectivity index (χ4v) is 7.25. The SMILES string of the molecule is CCCCCC=CCC=CCCCCCCCC(=O)OCC(COP(=O)(O)OCCN)OC(=O)CCCCCCCCCCCCCC=CCCCCCCCC. The van der Waals surface area contributed by atoms with E-state index in [0.717, 1.165) is 57.8 Å². The molecule has 0 aliphatic heterocycles. The smallest absolute Gasteiger partial charge is 0.462 e. The molecule has 0 amide bonds. The van der Waals surface area contributed by atoms with E-state index in [9.17, 15) is 19.0 Å². The summed E-state index contributed by atoms with van der Waals surface area (Å²) < 4.78 is 32.8. The second-order valence-corrected chi connectivity index (χ2v) is 17.1. The topological polar surface area (TPSA) is 134 Å². The molecule has 0 heterocycles. The van der Waals surface area contributed by atoms with Gasteiger partial charge in [0.1, 0.15) is 6.61 Å². The van der Waals surface area contributed by atoms with E-state index in [0.29, 0.717) is 12.8 Å². The first kappa shape index (κ1) is 55.2. The van der Waals surface area contributed by atoms with Gasteiger partial charge in [0.05, 0.1) is 13.2 Å². The summed E-state index contributed by atoms with van der Waals surface area (Å²) in [5, 5.41) is 0. The molecule has 3 N–H and O–H groups in total. The molecule has 0 aromatic rings. The highest BCUT2D eigenvalue weighted by molar-refractivity contribution is 7.47. The number of nitrogens with two attached hydrogens (primary N) is 1. The van der Waals surface area contributed by atoms with E-state index in [1.165, 1.54) is 122 Å². The summed E-state index contributed by atoms with van der Waals surface area (Å²) >= 11 is 0. The number of phosphoric acid groups is 1. The van der Waals surface area contributed by atoms with Crippen molar-refractivity contribution in [2.24, 2.45) is 5.73 Å².